The first-order valence-corrected chi connectivity index (χ1v) is 6.44. The Hall–Kier alpha value is -1.03. The minimum Gasteiger partial charge on any atom is -0.314 e. The predicted molar refractivity (Wildman–Crippen MR) is 63.3 cm³/mol. The summed E-state index contributed by atoms with van der Waals surface area (Å²) in [5.41, 5.74) is 0.313. The Morgan fingerprint density at radius 1 is 1.22 bits per heavy atom. The van der Waals surface area contributed by atoms with Crippen LogP contribution in [0.4, 0.5) is 13.2 Å². The van der Waals surface area contributed by atoms with Crippen molar-refractivity contribution in [1.82, 2.24) is 5.32 Å². The molecule has 2 fully saturated rings. The Labute approximate surface area is 104 Å². The summed E-state index contributed by atoms with van der Waals surface area (Å²) in [4.78, 5) is 0. The second kappa shape index (κ2) is 4.26. The van der Waals surface area contributed by atoms with Crippen molar-refractivity contribution >= 4 is 0 Å². The van der Waals surface area contributed by atoms with Gasteiger partial charge >= 0.3 is 6.18 Å². The van der Waals surface area contributed by atoms with Crippen LogP contribution in [0.5, 0.6) is 0 Å². The molecule has 0 saturated heterocycles. The molecule has 18 heavy (non-hydrogen) atoms. The Morgan fingerprint density at radius 3 is 2.67 bits per heavy atom. The van der Waals surface area contributed by atoms with Gasteiger partial charge in [-0.25, -0.2) is 0 Å². The lowest BCUT2D eigenvalue weighted by molar-refractivity contribution is -0.137. The Morgan fingerprint density at radius 2 is 2.00 bits per heavy atom. The van der Waals surface area contributed by atoms with E-state index in [1.165, 1.54) is 25.0 Å². The van der Waals surface area contributed by atoms with Gasteiger partial charge in [0.25, 0.3) is 0 Å². The molecule has 0 bridgehead atoms. The van der Waals surface area contributed by atoms with E-state index in [1.807, 2.05) is 6.07 Å². The number of benzene rings is 1. The standard InChI is InChI=1S/C14H16F3N/c15-14(16,17)11-3-1-2-9(6-11)13-7-10(13)8-18-12-4-5-12/h1-3,6,10,12-13,18H,4-5,7-8H2. The summed E-state index contributed by atoms with van der Waals surface area (Å²) >= 11 is 0. The molecule has 2 aliphatic rings. The van der Waals surface area contributed by atoms with Crippen LogP contribution in [0.15, 0.2) is 24.3 Å². The molecule has 2 unspecified atom stereocenters. The lowest BCUT2D eigenvalue weighted by atomic mass is 10.1. The van der Waals surface area contributed by atoms with E-state index in [2.05, 4.69) is 5.32 Å². The smallest absolute Gasteiger partial charge is 0.314 e. The van der Waals surface area contributed by atoms with Gasteiger partial charge in [-0.1, -0.05) is 18.2 Å². The van der Waals surface area contributed by atoms with Crippen molar-refractivity contribution in [2.45, 2.75) is 37.4 Å². The molecule has 3 rings (SSSR count). The van der Waals surface area contributed by atoms with Gasteiger partial charge in [0, 0.05) is 6.04 Å². The van der Waals surface area contributed by atoms with E-state index in [9.17, 15) is 13.2 Å². The first kappa shape index (κ1) is 12.0. The minimum atomic E-state index is -4.23. The fraction of sp³-hybridized carbons (Fsp3) is 0.571. The molecule has 0 radical (unpaired) electrons. The third-order valence-electron chi connectivity index (χ3n) is 3.81. The van der Waals surface area contributed by atoms with Crippen molar-refractivity contribution in [3.05, 3.63) is 35.4 Å². The van der Waals surface area contributed by atoms with Crippen LogP contribution in [0.1, 0.15) is 36.3 Å². The molecule has 1 N–H and O–H groups in total. The molecule has 4 heteroatoms. The summed E-state index contributed by atoms with van der Waals surface area (Å²) in [5, 5.41) is 3.44. The van der Waals surface area contributed by atoms with Crippen molar-refractivity contribution in [2.75, 3.05) is 6.54 Å². The zero-order valence-electron chi connectivity index (χ0n) is 10.0. The molecule has 0 amide bonds. The van der Waals surface area contributed by atoms with Crippen LogP contribution >= 0.6 is 0 Å². The maximum atomic E-state index is 12.6. The van der Waals surface area contributed by atoms with Crippen molar-refractivity contribution in [3.8, 4) is 0 Å². The van der Waals surface area contributed by atoms with E-state index >= 15 is 0 Å². The van der Waals surface area contributed by atoms with Gasteiger partial charge in [-0.05, 0) is 49.3 Å². The van der Waals surface area contributed by atoms with E-state index in [-0.39, 0.29) is 0 Å². The average Bonchev–Trinajstić information content (AvgIpc) is 3.20. The van der Waals surface area contributed by atoms with Crippen LogP contribution in [-0.4, -0.2) is 12.6 Å². The summed E-state index contributed by atoms with van der Waals surface area (Å²) in [6, 6.07) is 6.46. The van der Waals surface area contributed by atoms with Crippen LogP contribution in [0.2, 0.25) is 0 Å². The quantitative estimate of drug-likeness (QED) is 0.867. The summed E-state index contributed by atoms with van der Waals surface area (Å²) in [5.74, 6) is 0.840. The lowest BCUT2D eigenvalue weighted by Gasteiger charge is -2.08. The maximum Gasteiger partial charge on any atom is 0.416 e. The molecule has 0 aromatic heterocycles. The van der Waals surface area contributed by atoms with Crippen LogP contribution in [-0.2, 0) is 6.18 Å². The highest BCUT2D eigenvalue weighted by Crippen LogP contribution is 2.48. The van der Waals surface area contributed by atoms with Gasteiger partial charge in [0.2, 0.25) is 0 Å². The van der Waals surface area contributed by atoms with Gasteiger partial charge in [-0.2, -0.15) is 13.2 Å². The van der Waals surface area contributed by atoms with Gasteiger partial charge in [-0.15, -0.1) is 0 Å². The Kier molecular flexibility index (Phi) is 2.85. The van der Waals surface area contributed by atoms with Crippen LogP contribution in [0.25, 0.3) is 0 Å². The highest BCUT2D eigenvalue weighted by Gasteiger charge is 2.40. The largest absolute Gasteiger partial charge is 0.416 e. The van der Waals surface area contributed by atoms with Crippen molar-refractivity contribution in [2.24, 2.45) is 5.92 Å². The molecule has 0 heterocycles. The van der Waals surface area contributed by atoms with Gasteiger partial charge in [0.1, 0.15) is 0 Å². The monoisotopic (exact) mass is 255 g/mol. The number of hydrogen-bond donors (Lipinski definition) is 1. The first-order valence-electron chi connectivity index (χ1n) is 6.44. The van der Waals surface area contributed by atoms with Crippen molar-refractivity contribution in [1.29, 1.82) is 0 Å². The first-order chi connectivity index (χ1) is 8.54. The van der Waals surface area contributed by atoms with E-state index in [1.54, 1.807) is 0 Å². The summed E-state index contributed by atoms with van der Waals surface area (Å²) in [6.07, 6.45) is -0.713. The minimum absolute atomic E-state index is 0.318. The van der Waals surface area contributed by atoms with E-state index in [0.717, 1.165) is 24.6 Å². The number of hydrogen-bond acceptors (Lipinski definition) is 1. The average molecular weight is 255 g/mol. The lowest BCUT2D eigenvalue weighted by Crippen LogP contribution is -2.19. The fourth-order valence-corrected chi connectivity index (χ4v) is 2.43. The molecule has 1 aromatic carbocycles. The molecule has 98 valence electrons. The molecule has 2 atom stereocenters. The zero-order valence-corrected chi connectivity index (χ0v) is 10.0. The predicted octanol–water partition coefficient (Wildman–Crippen LogP) is 3.56. The van der Waals surface area contributed by atoms with Gasteiger partial charge in [0.15, 0.2) is 0 Å². The molecule has 1 nitrogen and oxygen atoms in total. The number of halogens is 3. The van der Waals surface area contributed by atoms with Crippen LogP contribution in [0, 0.1) is 5.92 Å². The third-order valence-corrected chi connectivity index (χ3v) is 3.81. The van der Waals surface area contributed by atoms with Crippen LogP contribution in [0.3, 0.4) is 0 Å². The maximum absolute atomic E-state index is 12.6. The van der Waals surface area contributed by atoms with E-state index in [4.69, 9.17) is 0 Å². The molecular weight excluding hydrogens is 239 g/mol. The number of alkyl halides is 3. The van der Waals surface area contributed by atoms with E-state index in [0.29, 0.717) is 17.9 Å². The third kappa shape index (κ3) is 2.69. The zero-order chi connectivity index (χ0) is 12.8. The van der Waals surface area contributed by atoms with Gasteiger partial charge < -0.3 is 5.32 Å². The summed E-state index contributed by atoms with van der Waals surface area (Å²) < 4.78 is 37.8. The second-order valence-electron chi connectivity index (χ2n) is 5.41. The summed E-state index contributed by atoms with van der Waals surface area (Å²) in [6.45, 7) is 0.950. The number of nitrogens with one attached hydrogen (secondary N) is 1. The topological polar surface area (TPSA) is 12.0 Å². The molecular formula is C14H16F3N. The van der Waals surface area contributed by atoms with E-state index < -0.39 is 11.7 Å². The van der Waals surface area contributed by atoms with Crippen molar-refractivity contribution < 1.29 is 13.2 Å². The fourth-order valence-electron chi connectivity index (χ4n) is 2.43. The number of rotatable bonds is 4. The Balaban J connectivity index is 1.62. The second-order valence-corrected chi connectivity index (χ2v) is 5.41. The molecule has 1 aromatic rings. The molecule has 0 spiro atoms. The normalized spacial score (nSPS) is 27.3. The molecule has 2 saturated carbocycles. The van der Waals surface area contributed by atoms with Gasteiger partial charge in [0.05, 0.1) is 5.56 Å². The molecule has 2 aliphatic carbocycles. The highest BCUT2D eigenvalue weighted by molar-refractivity contribution is 5.32. The SMILES string of the molecule is FC(F)(F)c1cccc(C2CC2CNC2CC2)c1. The van der Waals surface area contributed by atoms with Gasteiger partial charge in [-0.3, -0.25) is 0 Å². The highest BCUT2D eigenvalue weighted by atomic mass is 19.4. The molecule has 0 aliphatic heterocycles. The Bertz CT molecular complexity index is 437. The van der Waals surface area contributed by atoms with Crippen LogP contribution < -0.4 is 5.32 Å². The van der Waals surface area contributed by atoms with Crippen molar-refractivity contribution in [3.63, 3.8) is 0 Å². The summed E-state index contributed by atoms with van der Waals surface area (Å²) in [7, 11) is 0.